The molecule has 3 aromatic rings. The van der Waals surface area contributed by atoms with Gasteiger partial charge < -0.3 is 14.4 Å². The molecule has 0 radical (unpaired) electrons. The van der Waals surface area contributed by atoms with Crippen molar-refractivity contribution in [3.8, 4) is 22.8 Å². The lowest BCUT2D eigenvalue weighted by Gasteiger charge is -2.34. The van der Waals surface area contributed by atoms with Crippen molar-refractivity contribution in [2.24, 2.45) is 0 Å². The number of sulfonamides is 1. The maximum atomic E-state index is 13.2. The van der Waals surface area contributed by atoms with E-state index in [1.165, 1.54) is 17.5 Å². The Morgan fingerprint density at radius 3 is 2.25 bits per heavy atom. The molecule has 32 heavy (non-hydrogen) atoms. The number of aromatic nitrogens is 2. The minimum Gasteiger partial charge on any atom is -0.496 e. The van der Waals surface area contributed by atoms with Crippen molar-refractivity contribution in [1.29, 1.82) is 0 Å². The van der Waals surface area contributed by atoms with Gasteiger partial charge in [0.15, 0.2) is 5.82 Å². The summed E-state index contributed by atoms with van der Waals surface area (Å²) in [4.78, 5) is 2.09. The van der Waals surface area contributed by atoms with Gasteiger partial charge in [0.25, 0.3) is 0 Å². The highest BCUT2D eigenvalue weighted by Gasteiger charge is 2.31. The first-order valence-corrected chi connectivity index (χ1v) is 11.8. The van der Waals surface area contributed by atoms with E-state index in [-0.39, 0.29) is 10.6 Å². The fourth-order valence-electron chi connectivity index (χ4n) is 3.64. The van der Waals surface area contributed by atoms with Gasteiger partial charge in [-0.2, -0.15) is 4.31 Å². The molecule has 0 aliphatic carbocycles. The normalized spacial score (nSPS) is 14.9. The number of nitrogens with zero attached hydrogens (tertiary/aromatic N) is 4. The molecule has 0 atom stereocenters. The zero-order chi connectivity index (χ0) is 22.7. The number of piperazine rings is 1. The standard InChI is InChI=1S/C22H23ClN4O4S/c1-30-19-6-4-3-5-17(19)18-8-10-22(25-24-18)26-11-13-27(14-12-26)32(28,29)21-15-16(23)7-9-20(21)31-2/h3-10,15H,11-14H2,1-2H3. The molecular formula is C22H23ClN4O4S. The van der Waals surface area contributed by atoms with E-state index < -0.39 is 10.0 Å². The Morgan fingerprint density at radius 2 is 1.59 bits per heavy atom. The number of ether oxygens (including phenoxy) is 2. The van der Waals surface area contributed by atoms with E-state index in [0.29, 0.717) is 42.7 Å². The fraction of sp³-hybridized carbons (Fsp3) is 0.273. The zero-order valence-corrected chi connectivity index (χ0v) is 19.3. The molecule has 1 fully saturated rings. The number of halogens is 1. The molecule has 168 valence electrons. The minimum atomic E-state index is -3.74. The van der Waals surface area contributed by atoms with Crippen LogP contribution in [0.5, 0.6) is 11.5 Å². The van der Waals surface area contributed by atoms with Crippen molar-refractivity contribution in [3.05, 3.63) is 59.6 Å². The highest BCUT2D eigenvalue weighted by atomic mass is 35.5. The summed E-state index contributed by atoms with van der Waals surface area (Å²) in [7, 11) is -0.680. The molecule has 1 aliphatic heterocycles. The van der Waals surface area contributed by atoms with Crippen LogP contribution in [0.2, 0.25) is 5.02 Å². The molecule has 0 amide bonds. The van der Waals surface area contributed by atoms with Gasteiger partial charge in [0, 0.05) is 36.8 Å². The van der Waals surface area contributed by atoms with Crippen molar-refractivity contribution < 1.29 is 17.9 Å². The molecule has 4 rings (SSSR count). The van der Waals surface area contributed by atoms with Crippen LogP contribution in [0.25, 0.3) is 11.3 Å². The third kappa shape index (κ3) is 4.36. The first-order valence-electron chi connectivity index (χ1n) is 10.00. The zero-order valence-electron chi connectivity index (χ0n) is 17.7. The molecule has 0 saturated carbocycles. The summed E-state index contributed by atoms with van der Waals surface area (Å²) >= 11 is 6.03. The lowest BCUT2D eigenvalue weighted by molar-refractivity contribution is 0.373. The van der Waals surface area contributed by atoms with Crippen LogP contribution in [0.4, 0.5) is 5.82 Å². The molecule has 0 spiro atoms. The SMILES string of the molecule is COc1ccccc1-c1ccc(N2CCN(S(=O)(=O)c3cc(Cl)ccc3OC)CC2)nn1. The van der Waals surface area contributed by atoms with Crippen LogP contribution in [0, 0.1) is 0 Å². The number of para-hydroxylation sites is 1. The maximum Gasteiger partial charge on any atom is 0.246 e. The minimum absolute atomic E-state index is 0.0712. The first kappa shape index (κ1) is 22.3. The Labute approximate surface area is 192 Å². The monoisotopic (exact) mass is 474 g/mol. The van der Waals surface area contributed by atoms with E-state index in [1.807, 2.05) is 41.3 Å². The molecule has 1 aliphatic rings. The molecule has 2 heterocycles. The van der Waals surface area contributed by atoms with E-state index in [9.17, 15) is 8.42 Å². The smallest absolute Gasteiger partial charge is 0.246 e. The first-order chi connectivity index (χ1) is 15.4. The lowest BCUT2D eigenvalue weighted by atomic mass is 10.1. The predicted octanol–water partition coefficient (Wildman–Crippen LogP) is 3.33. The lowest BCUT2D eigenvalue weighted by Crippen LogP contribution is -2.49. The number of anilines is 1. The number of hydrogen-bond acceptors (Lipinski definition) is 7. The van der Waals surface area contributed by atoms with Gasteiger partial charge in [0.05, 0.1) is 19.9 Å². The van der Waals surface area contributed by atoms with E-state index in [1.54, 1.807) is 19.2 Å². The average molecular weight is 475 g/mol. The van der Waals surface area contributed by atoms with E-state index in [4.69, 9.17) is 21.1 Å². The summed E-state index contributed by atoms with van der Waals surface area (Å²) < 4.78 is 38.4. The van der Waals surface area contributed by atoms with Gasteiger partial charge in [-0.1, -0.05) is 23.7 Å². The van der Waals surface area contributed by atoms with Crippen molar-refractivity contribution in [3.63, 3.8) is 0 Å². The van der Waals surface area contributed by atoms with Gasteiger partial charge in [-0.3, -0.25) is 0 Å². The number of hydrogen-bond donors (Lipinski definition) is 0. The molecule has 0 bridgehead atoms. The largest absolute Gasteiger partial charge is 0.496 e. The molecule has 1 aromatic heterocycles. The number of benzene rings is 2. The number of rotatable bonds is 6. The predicted molar refractivity (Wildman–Crippen MR) is 123 cm³/mol. The highest BCUT2D eigenvalue weighted by Crippen LogP contribution is 2.31. The van der Waals surface area contributed by atoms with Crippen molar-refractivity contribution in [2.75, 3.05) is 45.3 Å². The van der Waals surface area contributed by atoms with E-state index in [0.717, 1.165) is 11.3 Å². The Balaban J connectivity index is 1.48. The Hall–Kier alpha value is -2.88. The molecule has 8 nitrogen and oxygen atoms in total. The average Bonchev–Trinajstić information content (AvgIpc) is 2.84. The molecule has 0 N–H and O–H groups in total. The topological polar surface area (TPSA) is 84.9 Å². The van der Waals surface area contributed by atoms with Gasteiger partial charge in [0.1, 0.15) is 16.4 Å². The molecule has 10 heteroatoms. The molecule has 2 aromatic carbocycles. The Morgan fingerprint density at radius 1 is 0.875 bits per heavy atom. The summed E-state index contributed by atoms with van der Waals surface area (Å²) in [6.45, 7) is 1.61. The maximum absolute atomic E-state index is 13.2. The number of methoxy groups -OCH3 is 2. The van der Waals surface area contributed by atoms with Gasteiger partial charge in [-0.25, -0.2) is 8.42 Å². The second-order valence-electron chi connectivity index (χ2n) is 7.16. The van der Waals surface area contributed by atoms with Crippen LogP contribution < -0.4 is 14.4 Å². The quantitative estimate of drug-likeness (QED) is 0.541. The highest BCUT2D eigenvalue weighted by molar-refractivity contribution is 7.89. The van der Waals surface area contributed by atoms with Gasteiger partial charge in [-0.15, -0.1) is 10.2 Å². The van der Waals surface area contributed by atoms with Crippen LogP contribution in [-0.2, 0) is 10.0 Å². The molecule has 1 saturated heterocycles. The van der Waals surface area contributed by atoms with Gasteiger partial charge in [-0.05, 0) is 42.5 Å². The summed E-state index contributed by atoms with van der Waals surface area (Å²) in [5.41, 5.74) is 1.57. The van der Waals surface area contributed by atoms with Crippen LogP contribution in [0.3, 0.4) is 0 Å². The second kappa shape index (κ2) is 9.32. The van der Waals surface area contributed by atoms with Gasteiger partial charge >= 0.3 is 0 Å². The Kier molecular flexibility index (Phi) is 6.50. The van der Waals surface area contributed by atoms with Crippen molar-refractivity contribution in [2.45, 2.75) is 4.90 Å². The summed E-state index contributed by atoms with van der Waals surface area (Å²) in [5.74, 6) is 1.69. The molecule has 0 unspecified atom stereocenters. The van der Waals surface area contributed by atoms with Crippen molar-refractivity contribution in [1.82, 2.24) is 14.5 Å². The molecular weight excluding hydrogens is 452 g/mol. The summed E-state index contributed by atoms with van der Waals surface area (Å²) in [6.07, 6.45) is 0. The summed E-state index contributed by atoms with van der Waals surface area (Å²) in [6, 6.07) is 16.0. The fourth-order valence-corrected chi connectivity index (χ4v) is 5.48. The van der Waals surface area contributed by atoms with Gasteiger partial charge in [0.2, 0.25) is 10.0 Å². The van der Waals surface area contributed by atoms with E-state index in [2.05, 4.69) is 10.2 Å². The van der Waals surface area contributed by atoms with Crippen LogP contribution >= 0.6 is 11.6 Å². The van der Waals surface area contributed by atoms with Crippen molar-refractivity contribution >= 4 is 27.4 Å². The van der Waals surface area contributed by atoms with Crippen LogP contribution in [-0.4, -0.2) is 63.3 Å². The third-order valence-corrected chi connectivity index (χ3v) is 7.49. The van der Waals surface area contributed by atoms with Crippen LogP contribution in [0.15, 0.2) is 59.5 Å². The second-order valence-corrected chi connectivity index (χ2v) is 9.51. The Bertz CT molecular complexity index is 1200. The van der Waals surface area contributed by atoms with Crippen LogP contribution in [0.1, 0.15) is 0 Å². The summed E-state index contributed by atoms with van der Waals surface area (Å²) in [5, 5.41) is 9.04. The van der Waals surface area contributed by atoms with E-state index >= 15 is 0 Å². The third-order valence-electron chi connectivity index (χ3n) is 5.34.